The van der Waals surface area contributed by atoms with Crippen molar-refractivity contribution in [2.45, 2.75) is 52.6 Å². The highest BCUT2D eigenvalue weighted by molar-refractivity contribution is 7.92. The first kappa shape index (κ1) is 28.9. The lowest BCUT2D eigenvalue weighted by Gasteiger charge is -2.32. The standard InChI is InChI=1S/C25H33Cl2N3O4S/c1-6-14-28-25(32)18(4)29(15-20-21(26)11-9-12-22(20)27)24(31)16-30(35(5,33)34)23-13-8-7-10-19(23)17(2)3/h7-13,17-18H,6,14-16H2,1-5H3,(H,28,32)/t18-/m0/s1. The lowest BCUT2D eigenvalue weighted by molar-refractivity contribution is -0.139. The maximum absolute atomic E-state index is 13.7. The Morgan fingerprint density at radius 2 is 1.60 bits per heavy atom. The zero-order chi connectivity index (χ0) is 26.3. The summed E-state index contributed by atoms with van der Waals surface area (Å²) in [6, 6.07) is 11.2. The lowest BCUT2D eigenvalue weighted by atomic mass is 10.0. The van der Waals surface area contributed by atoms with E-state index in [0.29, 0.717) is 27.8 Å². The highest BCUT2D eigenvalue weighted by atomic mass is 35.5. The van der Waals surface area contributed by atoms with Crippen molar-refractivity contribution in [2.75, 3.05) is 23.7 Å². The summed E-state index contributed by atoms with van der Waals surface area (Å²) < 4.78 is 26.7. The Morgan fingerprint density at radius 1 is 1.00 bits per heavy atom. The van der Waals surface area contributed by atoms with Crippen LogP contribution in [-0.2, 0) is 26.2 Å². The van der Waals surface area contributed by atoms with Crippen LogP contribution in [0, 0.1) is 0 Å². The number of para-hydroxylation sites is 1. The number of benzene rings is 2. The molecule has 2 rings (SSSR count). The van der Waals surface area contributed by atoms with Gasteiger partial charge in [0.1, 0.15) is 12.6 Å². The number of anilines is 1. The van der Waals surface area contributed by atoms with Crippen LogP contribution < -0.4 is 9.62 Å². The van der Waals surface area contributed by atoms with Crippen LogP contribution in [0.5, 0.6) is 0 Å². The van der Waals surface area contributed by atoms with E-state index in [0.717, 1.165) is 22.5 Å². The summed E-state index contributed by atoms with van der Waals surface area (Å²) in [4.78, 5) is 27.8. The zero-order valence-corrected chi connectivity index (χ0v) is 23.0. The topological polar surface area (TPSA) is 86.8 Å². The molecule has 0 aromatic heterocycles. The van der Waals surface area contributed by atoms with E-state index in [1.165, 1.54) is 4.90 Å². The van der Waals surface area contributed by atoms with Gasteiger partial charge in [-0.25, -0.2) is 8.42 Å². The van der Waals surface area contributed by atoms with Gasteiger partial charge in [-0.3, -0.25) is 13.9 Å². The summed E-state index contributed by atoms with van der Waals surface area (Å²) in [6.45, 7) is 7.35. The fraction of sp³-hybridized carbons (Fsp3) is 0.440. The van der Waals surface area contributed by atoms with Crippen molar-refractivity contribution in [3.63, 3.8) is 0 Å². The van der Waals surface area contributed by atoms with E-state index >= 15 is 0 Å². The predicted octanol–water partition coefficient (Wildman–Crippen LogP) is 4.83. The van der Waals surface area contributed by atoms with Gasteiger partial charge in [-0.15, -0.1) is 0 Å². The minimum Gasteiger partial charge on any atom is -0.354 e. The number of carbonyl (C=O) groups excluding carboxylic acids is 2. The summed E-state index contributed by atoms with van der Waals surface area (Å²) in [5, 5.41) is 3.49. The van der Waals surface area contributed by atoms with Crippen LogP contribution >= 0.6 is 23.2 Å². The highest BCUT2D eigenvalue weighted by Gasteiger charge is 2.31. The van der Waals surface area contributed by atoms with E-state index < -0.39 is 28.5 Å². The van der Waals surface area contributed by atoms with Crippen molar-refractivity contribution in [3.8, 4) is 0 Å². The Balaban J connectivity index is 2.50. The molecule has 0 unspecified atom stereocenters. The Hall–Kier alpha value is -2.29. The fourth-order valence-electron chi connectivity index (χ4n) is 3.63. The summed E-state index contributed by atoms with van der Waals surface area (Å²) in [5.41, 5.74) is 1.70. The van der Waals surface area contributed by atoms with Crippen LogP contribution in [-0.4, -0.2) is 50.5 Å². The Morgan fingerprint density at radius 3 is 2.14 bits per heavy atom. The van der Waals surface area contributed by atoms with Gasteiger partial charge in [-0.2, -0.15) is 0 Å². The SMILES string of the molecule is CCCNC(=O)[C@H](C)N(Cc1c(Cl)cccc1Cl)C(=O)CN(c1ccccc1C(C)C)S(C)(=O)=O. The van der Waals surface area contributed by atoms with E-state index in [2.05, 4.69) is 5.32 Å². The van der Waals surface area contributed by atoms with Gasteiger partial charge in [0, 0.05) is 28.7 Å². The first-order valence-corrected chi connectivity index (χ1v) is 14.1. The minimum atomic E-state index is -3.82. The highest BCUT2D eigenvalue weighted by Crippen LogP contribution is 2.30. The molecule has 0 radical (unpaired) electrons. The number of nitrogens with one attached hydrogen (secondary N) is 1. The second-order valence-corrected chi connectivity index (χ2v) is 11.4. The van der Waals surface area contributed by atoms with Crippen LogP contribution in [0.15, 0.2) is 42.5 Å². The van der Waals surface area contributed by atoms with Gasteiger partial charge in [0.15, 0.2) is 0 Å². The van der Waals surface area contributed by atoms with E-state index in [1.807, 2.05) is 32.9 Å². The van der Waals surface area contributed by atoms with E-state index in [-0.39, 0.29) is 18.4 Å². The Kier molecular flexibility index (Phi) is 10.4. The molecule has 0 spiro atoms. The first-order valence-electron chi connectivity index (χ1n) is 11.4. The van der Waals surface area contributed by atoms with Gasteiger partial charge >= 0.3 is 0 Å². The number of halogens is 2. The molecular formula is C25H33Cl2N3O4S. The van der Waals surface area contributed by atoms with Gasteiger partial charge in [0.2, 0.25) is 21.8 Å². The minimum absolute atomic E-state index is 0.0299. The quantitative estimate of drug-likeness (QED) is 0.441. The number of nitrogens with zero attached hydrogens (tertiary/aromatic N) is 2. The van der Waals surface area contributed by atoms with Crippen molar-refractivity contribution in [1.29, 1.82) is 0 Å². The molecule has 1 N–H and O–H groups in total. The molecule has 10 heteroatoms. The third-order valence-electron chi connectivity index (χ3n) is 5.61. The predicted molar refractivity (Wildman–Crippen MR) is 142 cm³/mol. The molecule has 2 aromatic rings. The van der Waals surface area contributed by atoms with Gasteiger partial charge in [-0.1, -0.05) is 68.2 Å². The molecule has 0 heterocycles. The van der Waals surface area contributed by atoms with Gasteiger partial charge < -0.3 is 10.2 Å². The first-order chi connectivity index (χ1) is 16.4. The maximum Gasteiger partial charge on any atom is 0.244 e. The van der Waals surface area contributed by atoms with Crippen molar-refractivity contribution < 1.29 is 18.0 Å². The second-order valence-electron chi connectivity index (χ2n) is 8.67. The number of carbonyl (C=O) groups is 2. The summed E-state index contributed by atoms with van der Waals surface area (Å²) in [5.74, 6) is -0.872. The lowest BCUT2D eigenvalue weighted by Crippen LogP contribution is -2.51. The summed E-state index contributed by atoms with van der Waals surface area (Å²) in [6.07, 6.45) is 1.79. The fourth-order valence-corrected chi connectivity index (χ4v) is 5.02. The molecule has 0 saturated carbocycles. The van der Waals surface area contributed by atoms with Crippen molar-refractivity contribution in [2.24, 2.45) is 0 Å². The zero-order valence-electron chi connectivity index (χ0n) is 20.7. The molecule has 1 atom stereocenters. The van der Waals surface area contributed by atoms with Crippen molar-refractivity contribution >= 4 is 50.7 Å². The molecule has 2 aromatic carbocycles. The van der Waals surface area contributed by atoms with Crippen molar-refractivity contribution in [3.05, 3.63) is 63.6 Å². The monoisotopic (exact) mass is 541 g/mol. The van der Waals surface area contributed by atoms with Crippen LogP contribution in [0.1, 0.15) is 51.2 Å². The number of hydrogen-bond donors (Lipinski definition) is 1. The summed E-state index contributed by atoms with van der Waals surface area (Å²) in [7, 11) is -3.82. The maximum atomic E-state index is 13.7. The Bertz CT molecular complexity index is 1130. The smallest absolute Gasteiger partial charge is 0.244 e. The van der Waals surface area contributed by atoms with E-state index in [1.54, 1.807) is 37.3 Å². The van der Waals surface area contributed by atoms with E-state index in [9.17, 15) is 18.0 Å². The normalized spacial score (nSPS) is 12.3. The molecule has 7 nitrogen and oxygen atoms in total. The molecule has 0 bridgehead atoms. The number of sulfonamides is 1. The molecule has 0 aliphatic heterocycles. The van der Waals surface area contributed by atoms with Gasteiger partial charge in [-0.05, 0) is 43.0 Å². The van der Waals surface area contributed by atoms with Gasteiger partial charge in [0.05, 0.1) is 11.9 Å². The average molecular weight is 543 g/mol. The van der Waals surface area contributed by atoms with Crippen LogP contribution in [0.3, 0.4) is 0 Å². The van der Waals surface area contributed by atoms with Gasteiger partial charge in [0.25, 0.3) is 0 Å². The third-order valence-corrected chi connectivity index (χ3v) is 7.45. The van der Waals surface area contributed by atoms with Crippen molar-refractivity contribution in [1.82, 2.24) is 10.2 Å². The number of rotatable bonds is 11. The molecule has 0 fully saturated rings. The molecule has 35 heavy (non-hydrogen) atoms. The average Bonchev–Trinajstić information content (AvgIpc) is 2.79. The number of amides is 2. The molecule has 0 aliphatic rings. The van der Waals surface area contributed by atoms with Crippen LogP contribution in [0.25, 0.3) is 0 Å². The molecule has 2 amide bonds. The van der Waals surface area contributed by atoms with Crippen LogP contribution in [0.2, 0.25) is 10.0 Å². The number of hydrogen-bond acceptors (Lipinski definition) is 4. The van der Waals surface area contributed by atoms with E-state index in [4.69, 9.17) is 23.2 Å². The summed E-state index contributed by atoms with van der Waals surface area (Å²) >= 11 is 12.7. The largest absolute Gasteiger partial charge is 0.354 e. The molecule has 0 saturated heterocycles. The third kappa shape index (κ3) is 7.59. The molecule has 192 valence electrons. The molecule has 0 aliphatic carbocycles. The molecular weight excluding hydrogens is 509 g/mol. The Labute approximate surface area is 218 Å². The second kappa shape index (κ2) is 12.6. The van der Waals surface area contributed by atoms with Crippen LogP contribution in [0.4, 0.5) is 5.69 Å².